The van der Waals surface area contributed by atoms with Crippen molar-refractivity contribution in [1.82, 2.24) is 5.32 Å². The van der Waals surface area contributed by atoms with Crippen LogP contribution in [0.4, 0.5) is 0 Å². The number of aryl methyl sites for hydroxylation is 1. The molecule has 1 saturated heterocycles. The molecule has 1 saturated carbocycles. The van der Waals surface area contributed by atoms with E-state index in [-0.39, 0.29) is 35.1 Å². The van der Waals surface area contributed by atoms with E-state index in [4.69, 9.17) is 4.74 Å². The van der Waals surface area contributed by atoms with Crippen molar-refractivity contribution in [1.29, 1.82) is 0 Å². The van der Waals surface area contributed by atoms with Crippen molar-refractivity contribution in [3.05, 3.63) is 59.2 Å². The Kier molecular flexibility index (Phi) is 7.03. The average molecular weight is 493 g/mol. The number of carbonyl (C=O) groups is 1. The first kappa shape index (κ1) is 25.1. The molecule has 2 fully saturated rings. The van der Waals surface area contributed by atoms with Gasteiger partial charge in [0.05, 0.1) is 12.2 Å². The molecule has 4 unspecified atom stereocenters. The maximum Gasteiger partial charge on any atom is 0.457 e. The van der Waals surface area contributed by atoms with Crippen LogP contribution in [0.15, 0.2) is 42.5 Å². The number of hydrogen-bond acceptors (Lipinski definition) is 6. The lowest BCUT2D eigenvalue weighted by atomic mass is 9.46. The van der Waals surface area contributed by atoms with Gasteiger partial charge in [-0.25, -0.2) is 0 Å². The summed E-state index contributed by atoms with van der Waals surface area (Å²) in [5.74, 6) is 0.450. The number of ether oxygens (including phenoxy) is 1. The largest absolute Gasteiger partial charge is 0.504 e. The predicted octanol–water partition coefficient (Wildman–Crippen LogP) is 3.50. The molecular formula is C28H36BNO6. The molecule has 8 heteroatoms. The minimum Gasteiger partial charge on any atom is -0.504 e. The normalized spacial score (nSPS) is 30.7. The van der Waals surface area contributed by atoms with Gasteiger partial charge < -0.3 is 30.3 Å². The second-order valence-corrected chi connectivity index (χ2v) is 11.0. The minimum atomic E-state index is -1.42. The van der Waals surface area contributed by atoms with E-state index in [1.807, 2.05) is 0 Å². The molecule has 3 aliphatic rings. The average Bonchev–Trinajstić information content (AvgIpc) is 3.21. The Morgan fingerprint density at radius 1 is 1.17 bits per heavy atom. The molecule has 0 aromatic heterocycles. The lowest BCUT2D eigenvalue weighted by Gasteiger charge is -2.53. The summed E-state index contributed by atoms with van der Waals surface area (Å²) >= 11 is 0. The predicted molar refractivity (Wildman–Crippen MR) is 136 cm³/mol. The first-order chi connectivity index (χ1) is 17.3. The third-order valence-corrected chi connectivity index (χ3v) is 9.07. The van der Waals surface area contributed by atoms with Crippen LogP contribution in [0.25, 0.3) is 0 Å². The molecule has 192 valence electrons. The highest BCUT2D eigenvalue weighted by Gasteiger charge is 2.61. The van der Waals surface area contributed by atoms with Crippen LogP contribution in [0.5, 0.6) is 11.5 Å². The summed E-state index contributed by atoms with van der Waals surface area (Å²) < 4.78 is 6.39. The first-order valence-electron chi connectivity index (χ1n) is 13.1. The molecule has 1 amide bonds. The quantitative estimate of drug-likeness (QED) is 0.298. The van der Waals surface area contributed by atoms with Gasteiger partial charge >= 0.3 is 7.12 Å². The van der Waals surface area contributed by atoms with Crippen LogP contribution in [0.2, 0.25) is 5.82 Å². The molecule has 2 aromatic carbocycles. The molecule has 0 radical (unpaired) electrons. The summed E-state index contributed by atoms with van der Waals surface area (Å²) in [5, 5.41) is 42.6. The van der Waals surface area contributed by atoms with Crippen molar-refractivity contribution in [2.75, 3.05) is 6.61 Å². The van der Waals surface area contributed by atoms with E-state index in [0.717, 1.165) is 31.2 Å². The van der Waals surface area contributed by atoms with Gasteiger partial charge in [0.2, 0.25) is 5.91 Å². The number of phenols is 2. The molecular weight excluding hydrogens is 457 g/mol. The smallest absolute Gasteiger partial charge is 0.457 e. The van der Waals surface area contributed by atoms with Crippen molar-refractivity contribution < 1.29 is 29.8 Å². The summed E-state index contributed by atoms with van der Waals surface area (Å²) in [6.45, 7) is 2.95. The van der Waals surface area contributed by atoms with E-state index in [9.17, 15) is 25.1 Å². The molecule has 0 spiro atoms. The summed E-state index contributed by atoms with van der Waals surface area (Å²) in [6.07, 6.45) is 4.82. The number of phenolic OH excluding ortho intramolecular Hbond substituents is 2. The highest BCUT2D eigenvalue weighted by Crippen LogP contribution is 2.62. The fourth-order valence-electron chi connectivity index (χ4n) is 7.37. The highest BCUT2D eigenvalue weighted by atomic mass is 16.5. The fraction of sp³-hybridized carbons (Fsp3) is 0.536. The molecule has 6 atom stereocenters. The maximum atomic E-state index is 12.5. The van der Waals surface area contributed by atoms with Crippen LogP contribution in [0.1, 0.15) is 61.6 Å². The van der Waals surface area contributed by atoms with Gasteiger partial charge in [-0.2, -0.15) is 0 Å². The van der Waals surface area contributed by atoms with Crippen molar-refractivity contribution >= 4 is 13.0 Å². The van der Waals surface area contributed by atoms with E-state index in [1.54, 1.807) is 6.07 Å². The van der Waals surface area contributed by atoms with Crippen LogP contribution in [-0.2, 0) is 22.5 Å². The SMILES string of the molecule is C[C@@]12OC[C@H](CCCC(=O)NCc3ccc(O)c(O)c3)C1C1CCc3ccccc3C1CC2B(O)O. The molecule has 1 heterocycles. The van der Waals surface area contributed by atoms with E-state index >= 15 is 0 Å². The Labute approximate surface area is 212 Å². The van der Waals surface area contributed by atoms with Crippen LogP contribution in [0, 0.1) is 17.8 Å². The van der Waals surface area contributed by atoms with E-state index in [1.165, 1.54) is 23.3 Å². The second-order valence-electron chi connectivity index (χ2n) is 11.0. The van der Waals surface area contributed by atoms with Gasteiger partial charge in [0, 0.05) is 18.8 Å². The standard InChI is InChI=1S/C28H36BNO6/c1-28-25(29(34)35)14-22-20-7-3-2-5-18(20)10-11-21(22)27(28)19(16-36-28)6-4-8-26(33)30-15-17-9-12-23(31)24(32)13-17/h2-3,5,7,9,12-13,19,21-22,25,27,31-32,34-35H,4,6,8,10-11,14-16H2,1H3,(H,30,33)/t19-,21?,22?,25?,27?,28-/m0/s1. The molecule has 5 rings (SSSR count). The third kappa shape index (κ3) is 4.62. The number of fused-ring (bicyclic) bond motifs is 5. The molecule has 7 nitrogen and oxygen atoms in total. The summed E-state index contributed by atoms with van der Waals surface area (Å²) in [7, 11) is -1.42. The number of hydrogen-bond donors (Lipinski definition) is 5. The summed E-state index contributed by atoms with van der Waals surface area (Å²) in [5.41, 5.74) is 2.88. The van der Waals surface area contributed by atoms with E-state index in [2.05, 4.69) is 36.5 Å². The zero-order valence-corrected chi connectivity index (χ0v) is 20.8. The van der Waals surface area contributed by atoms with Crippen molar-refractivity contribution in [3.63, 3.8) is 0 Å². The Bertz CT molecular complexity index is 1110. The number of nitrogens with one attached hydrogen (secondary N) is 1. The van der Waals surface area contributed by atoms with Crippen LogP contribution < -0.4 is 5.32 Å². The molecule has 0 bridgehead atoms. The second kappa shape index (κ2) is 10.1. The number of carbonyl (C=O) groups excluding carboxylic acids is 1. The Hall–Kier alpha value is -2.55. The Morgan fingerprint density at radius 2 is 1.97 bits per heavy atom. The van der Waals surface area contributed by atoms with Gasteiger partial charge in [-0.15, -0.1) is 0 Å². The molecule has 5 N–H and O–H groups in total. The monoisotopic (exact) mass is 493 g/mol. The van der Waals surface area contributed by atoms with Gasteiger partial charge in [0.1, 0.15) is 0 Å². The maximum absolute atomic E-state index is 12.5. The molecule has 1 aliphatic heterocycles. The van der Waals surface area contributed by atoms with Crippen molar-refractivity contribution in [3.8, 4) is 11.5 Å². The minimum absolute atomic E-state index is 0.0546. The number of rotatable bonds is 7. The van der Waals surface area contributed by atoms with E-state index < -0.39 is 12.7 Å². The van der Waals surface area contributed by atoms with Gasteiger partial charge in [-0.05, 0) is 91.5 Å². The lowest BCUT2D eigenvalue weighted by molar-refractivity contribution is -0.121. The number of aromatic hydroxyl groups is 2. The zero-order valence-electron chi connectivity index (χ0n) is 20.8. The van der Waals surface area contributed by atoms with Gasteiger partial charge in [0.25, 0.3) is 0 Å². The van der Waals surface area contributed by atoms with Crippen LogP contribution >= 0.6 is 0 Å². The van der Waals surface area contributed by atoms with Gasteiger partial charge in [0.15, 0.2) is 11.5 Å². The zero-order chi connectivity index (χ0) is 25.4. The van der Waals surface area contributed by atoms with Crippen LogP contribution in [0.3, 0.4) is 0 Å². The summed E-state index contributed by atoms with van der Waals surface area (Å²) in [6, 6.07) is 13.1. The topological polar surface area (TPSA) is 119 Å². The molecule has 2 aromatic rings. The lowest BCUT2D eigenvalue weighted by Crippen LogP contribution is -2.54. The van der Waals surface area contributed by atoms with Crippen LogP contribution in [-0.4, -0.2) is 45.5 Å². The number of benzene rings is 2. The highest BCUT2D eigenvalue weighted by molar-refractivity contribution is 6.43. The first-order valence-corrected chi connectivity index (χ1v) is 13.1. The molecule has 36 heavy (non-hydrogen) atoms. The fourth-order valence-corrected chi connectivity index (χ4v) is 7.37. The summed E-state index contributed by atoms with van der Waals surface area (Å²) in [4.78, 5) is 12.5. The van der Waals surface area contributed by atoms with Gasteiger partial charge in [-0.1, -0.05) is 30.3 Å². The Morgan fingerprint density at radius 3 is 2.75 bits per heavy atom. The van der Waals surface area contributed by atoms with Crippen molar-refractivity contribution in [2.45, 2.75) is 69.3 Å². The Balaban J connectivity index is 1.23. The third-order valence-electron chi connectivity index (χ3n) is 9.07. The van der Waals surface area contributed by atoms with Gasteiger partial charge in [-0.3, -0.25) is 4.79 Å². The van der Waals surface area contributed by atoms with E-state index in [0.29, 0.717) is 37.8 Å². The van der Waals surface area contributed by atoms with Crippen molar-refractivity contribution in [2.24, 2.45) is 17.8 Å². The number of amides is 1. The molecule has 2 aliphatic carbocycles.